The maximum atomic E-state index is 13.0. The molecule has 1 saturated heterocycles. The predicted octanol–water partition coefficient (Wildman–Crippen LogP) is 2.14. The van der Waals surface area contributed by atoms with Gasteiger partial charge < -0.3 is 10.1 Å². The van der Waals surface area contributed by atoms with Gasteiger partial charge in [0.25, 0.3) is 5.91 Å². The minimum Gasteiger partial charge on any atom is -0.381 e. The molecular formula is C12H14BrFN2O2. The molecule has 2 rings (SSSR count). The first-order valence-electron chi connectivity index (χ1n) is 5.85. The number of nitrogens with zero attached hydrogens (tertiary/aromatic N) is 1. The molecular weight excluding hydrogens is 303 g/mol. The summed E-state index contributed by atoms with van der Waals surface area (Å²) in [6.45, 7) is 1.99. The molecule has 0 bridgehead atoms. The summed E-state index contributed by atoms with van der Waals surface area (Å²) in [5.41, 5.74) is 0.0757. The number of ether oxygens (including phenoxy) is 1. The molecule has 1 aromatic heterocycles. The van der Waals surface area contributed by atoms with Crippen LogP contribution < -0.4 is 5.32 Å². The van der Waals surface area contributed by atoms with Gasteiger partial charge in [-0.15, -0.1) is 0 Å². The molecule has 1 aliphatic rings. The lowest BCUT2D eigenvalue weighted by atomic mass is 10.0. The number of aromatic nitrogens is 1. The van der Waals surface area contributed by atoms with Crippen LogP contribution in [0.4, 0.5) is 4.39 Å². The Labute approximate surface area is 113 Å². The van der Waals surface area contributed by atoms with Gasteiger partial charge in [0.05, 0.1) is 6.61 Å². The molecule has 0 saturated carbocycles. The molecule has 18 heavy (non-hydrogen) atoms. The van der Waals surface area contributed by atoms with E-state index in [1.54, 1.807) is 0 Å². The standard InChI is InChI=1S/C12H14BrFN2O2/c13-9-3-4-10(14)16-11(9)12(17)15-6-8-2-1-5-18-7-8/h3-4,8H,1-2,5-7H2,(H,15,17). The van der Waals surface area contributed by atoms with Crippen molar-refractivity contribution in [1.82, 2.24) is 10.3 Å². The van der Waals surface area contributed by atoms with Crippen LogP contribution >= 0.6 is 15.9 Å². The second kappa shape index (κ2) is 6.24. The van der Waals surface area contributed by atoms with Crippen molar-refractivity contribution in [2.24, 2.45) is 5.92 Å². The van der Waals surface area contributed by atoms with Crippen molar-refractivity contribution >= 4 is 21.8 Å². The Morgan fingerprint density at radius 3 is 3.17 bits per heavy atom. The average Bonchev–Trinajstić information content (AvgIpc) is 2.40. The van der Waals surface area contributed by atoms with Crippen LogP contribution in [0.25, 0.3) is 0 Å². The number of hydrogen-bond acceptors (Lipinski definition) is 3. The van der Waals surface area contributed by atoms with E-state index in [9.17, 15) is 9.18 Å². The van der Waals surface area contributed by atoms with Crippen molar-refractivity contribution in [1.29, 1.82) is 0 Å². The fourth-order valence-electron chi connectivity index (χ4n) is 1.87. The van der Waals surface area contributed by atoms with Gasteiger partial charge in [0.2, 0.25) is 5.95 Å². The smallest absolute Gasteiger partial charge is 0.271 e. The second-order valence-corrected chi connectivity index (χ2v) is 5.11. The molecule has 1 aliphatic heterocycles. The minimum atomic E-state index is -0.663. The third-order valence-corrected chi connectivity index (χ3v) is 3.47. The van der Waals surface area contributed by atoms with Gasteiger partial charge in [-0.25, -0.2) is 4.98 Å². The fourth-order valence-corrected chi connectivity index (χ4v) is 2.27. The molecule has 0 radical (unpaired) electrons. The van der Waals surface area contributed by atoms with E-state index in [0.29, 0.717) is 23.5 Å². The van der Waals surface area contributed by atoms with Gasteiger partial charge in [-0.3, -0.25) is 4.79 Å². The van der Waals surface area contributed by atoms with Crippen molar-refractivity contribution in [3.63, 3.8) is 0 Å². The molecule has 1 N–H and O–H groups in total. The van der Waals surface area contributed by atoms with Crippen molar-refractivity contribution < 1.29 is 13.9 Å². The summed E-state index contributed by atoms with van der Waals surface area (Å²) in [6.07, 6.45) is 2.06. The Balaban J connectivity index is 1.92. The second-order valence-electron chi connectivity index (χ2n) is 4.26. The number of carbonyl (C=O) groups is 1. The van der Waals surface area contributed by atoms with Crippen LogP contribution in [0.2, 0.25) is 0 Å². The van der Waals surface area contributed by atoms with Crippen LogP contribution in [0.3, 0.4) is 0 Å². The Morgan fingerprint density at radius 1 is 1.61 bits per heavy atom. The SMILES string of the molecule is O=C(NCC1CCCOC1)c1nc(F)ccc1Br. The zero-order valence-corrected chi connectivity index (χ0v) is 11.4. The average molecular weight is 317 g/mol. The maximum Gasteiger partial charge on any atom is 0.271 e. The highest BCUT2D eigenvalue weighted by atomic mass is 79.9. The summed E-state index contributed by atoms with van der Waals surface area (Å²) in [6, 6.07) is 2.68. The van der Waals surface area contributed by atoms with Crippen molar-refractivity contribution in [3.05, 3.63) is 28.2 Å². The Hall–Kier alpha value is -1.01. The molecule has 6 heteroatoms. The van der Waals surface area contributed by atoms with E-state index in [4.69, 9.17) is 4.74 Å². The lowest BCUT2D eigenvalue weighted by molar-refractivity contribution is 0.0535. The lowest BCUT2D eigenvalue weighted by Gasteiger charge is -2.22. The number of hydrogen-bond donors (Lipinski definition) is 1. The molecule has 1 fully saturated rings. The number of carbonyl (C=O) groups excluding carboxylic acids is 1. The van der Waals surface area contributed by atoms with Gasteiger partial charge in [0, 0.05) is 17.6 Å². The maximum absolute atomic E-state index is 13.0. The normalized spacial score (nSPS) is 19.6. The topological polar surface area (TPSA) is 51.2 Å². The van der Waals surface area contributed by atoms with Crippen LogP contribution in [0, 0.1) is 11.9 Å². The Kier molecular flexibility index (Phi) is 4.66. The molecule has 1 aromatic rings. The number of nitrogens with one attached hydrogen (secondary N) is 1. The molecule has 0 spiro atoms. The van der Waals surface area contributed by atoms with E-state index in [0.717, 1.165) is 19.4 Å². The highest BCUT2D eigenvalue weighted by Gasteiger charge is 2.17. The van der Waals surface area contributed by atoms with Crippen LogP contribution in [0.1, 0.15) is 23.3 Å². The van der Waals surface area contributed by atoms with Crippen LogP contribution in [0.15, 0.2) is 16.6 Å². The summed E-state index contributed by atoms with van der Waals surface area (Å²) < 4.78 is 18.8. The van der Waals surface area contributed by atoms with Crippen molar-refractivity contribution in [3.8, 4) is 0 Å². The van der Waals surface area contributed by atoms with Crippen LogP contribution in [-0.4, -0.2) is 30.6 Å². The van der Waals surface area contributed by atoms with E-state index >= 15 is 0 Å². The van der Waals surface area contributed by atoms with Gasteiger partial charge in [-0.2, -0.15) is 4.39 Å². The summed E-state index contributed by atoms with van der Waals surface area (Å²) in [5.74, 6) is -0.702. The lowest BCUT2D eigenvalue weighted by Crippen LogP contribution is -2.33. The number of pyridine rings is 1. The first-order chi connectivity index (χ1) is 8.66. The quantitative estimate of drug-likeness (QED) is 0.869. The molecule has 1 amide bonds. The predicted molar refractivity (Wildman–Crippen MR) is 67.8 cm³/mol. The number of halogens is 2. The van der Waals surface area contributed by atoms with E-state index in [-0.39, 0.29) is 11.6 Å². The summed E-state index contributed by atoms with van der Waals surface area (Å²) in [7, 11) is 0. The number of amides is 1. The molecule has 4 nitrogen and oxygen atoms in total. The first kappa shape index (κ1) is 13.4. The third-order valence-electron chi connectivity index (χ3n) is 2.83. The van der Waals surface area contributed by atoms with Gasteiger partial charge in [0.15, 0.2) is 0 Å². The summed E-state index contributed by atoms with van der Waals surface area (Å²) >= 11 is 3.18. The first-order valence-corrected chi connectivity index (χ1v) is 6.64. The van der Waals surface area contributed by atoms with Gasteiger partial charge in [-0.1, -0.05) is 0 Å². The highest BCUT2D eigenvalue weighted by molar-refractivity contribution is 9.10. The van der Waals surface area contributed by atoms with Crippen LogP contribution in [-0.2, 0) is 4.74 Å². The largest absolute Gasteiger partial charge is 0.381 e. The van der Waals surface area contributed by atoms with Gasteiger partial charge in [-0.05, 0) is 46.8 Å². The Bertz CT molecular complexity index is 436. The summed E-state index contributed by atoms with van der Waals surface area (Å²) in [5, 5.41) is 2.76. The Morgan fingerprint density at radius 2 is 2.44 bits per heavy atom. The molecule has 0 aromatic carbocycles. The summed E-state index contributed by atoms with van der Waals surface area (Å²) in [4.78, 5) is 15.4. The third kappa shape index (κ3) is 3.49. The molecule has 2 heterocycles. The number of rotatable bonds is 3. The molecule has 1 atom stereocenters. The van der Waals surface area contributed by atoms with E-state index in [1.807, 2.05) is 0 Å². The molecule has 1 unspecified atom stereocenters. The van der Waals surface area contributed by atoms with Crippen LogP contribution in [0.5, 0.6) is 0 Å². The van der Waals surface area contributed by atoms with E-state index < -0.39 is 5.95 Å². The van der Waals surface area contributed by atoms with Gasteiger partial charge >= 0.3 is 0 Å². The van der Waals surface area contributed by atoms with Crippen molar-refractivity contribution in [2.45, 2.75) is 12.8 Å². The molecule has 98 valence electrons. The zero-order valence-electron chi connectivity index (χ0n) is 9.79. The van der Waals surface area contributed by atoms with E-state index in [2.05, 4.69) is 26.2 Å². The van der Waals surface area contributed by atoms with Crippen molar-refractivity contribution in [2.75, 3.05) is 19.8 Å². The highest BCUT2D eigenvalue weighted by Crippen LogP contribution is 2.16. The zero-order chi connectivity index (χ0) is 13.0. The van der Waals surface area contributed by atoms with E-state index in [1.165, 1.54) is 12.1 Å². The van der Waals surface area contributed by atoms with Gasteiger partial charge in [0.1, 0.15) is 5.69 Å². The monoisotopic (exact) mass is 316 g/mol. The molecule has 0 aliphatic carbocycles. The fraction of sp³-hybridized carbons (Fsp3) is 0.500. The minimum absolute atomic E-state index is 0.0757.